The first-order valence-electron chi connectivity index (χ1n) is 11.8. The van der Waals surface area contributed by atoms with Crippen molar-refractivity contribution in [3.05, 3.63) is 12.2 Å². The predicted octanol–water partition coefficient (Wildman–Crippen LogP) is 6.25. The van der Waals surface area contributed by atoms with Gasteiger partial charge in [-0.2, -0.15) is 0 Å². The lowest BCUT2D eigenvalue weighted by atomic mass is 9.82. The molecule has 0 aromatic rings. The molecule has 0 aromatic heterocycles. The molecule has 0 heterocycles. The minimum atomic E-state index is -3.22. The number of carboxylic acids is 1. The highest BCUT2D eigenvalue weighted by molar-refractivity contribution is 6.90. The van der Waals surface area contributed by atoms with Gasteiger partial charge in [-0.25, -0.2) is 9.59 Å². The fourth-order valence-electron chi connectivity index (χ4n) is 3.45. The normalized spacial score (nSPS) is 16.5. The zero-order valence-corrected chi connectivity index (χ0v) is 27.0. The van der Waals surface area contributed by atoms with Gasteiger partial charge in [0.25, 0.3) is 0 Å². The summed E-state index contributed by atoms with van der Waals surface area (Å²) in [6, 6.07) is 0. The second kappa shape index (κ2) is 12.4. The number of ether oxygens (including phenoxy) is 1. The van der Waals surface area contributed by atoms with Crippen molar-refractivity contribution < 1.29 is 31.8 Å². The third-order valence-corrected chi connectivity index (χ3v) is 17.4. The molecule has 0 aliphatic rings. The predicted molar refractivity (Wildman–Crippen MR) is 144 cm³/mol. The van der Waals surface area contributed by atoms with E-state index in [4.69, 9.17) is 22.2 Å². The Bertz CT molecular complexity index is 637. The summed E-state index contributed by atoms with van der Waals surface area (Å²) in [5.41, 5.74) is -0.563. The molecule has 0 aliphatic carbocycles. The summed E-state index contributed by atoms with van der Waals surface area (Å²) in [7, 11) is -9.41. The molecule has 7 nitrogen and oxygen atoms in total. The maximum absolute atomic E-state index is 12.2. The molecule has 194 valence electrons. The van der Waals surface area contributed by atoms with Crippen molar-refractivity contribution in [2.75, 3.05) is 6.61 Å². The van der Waals surface area contributed by atoms with Crippen LogP contribution in [0.5, 0.6) is 0 Å². The average Bonchev–Trinajstić information content (AvgIpc) is 2.57. The molecular weight excluding hydrogens is 489 g/mol. The number of aliphatic carboxylic acids is 1. The average molecular weight is 537 g/mol. The quantitative estimate of drug-likeness (QED) is 0.150. The molecule has 1 N–H and O–H groups in total. The second-order valence-corrected chi connectivity index (χ2v) is 29.2. The van der Waals surface area contributed by atoms with Crippen LogP contribution < -0.4 is 0 Å². The third-order valence-electron chi connectivity index (χ3n) is 4.93. The first kappa shape index (κ1) is 32.4. The van der Waals surface area contributed by atoms with E-state index in [1.54, 1.807) is 0 Å². The SMILES string of the molecule is CCCCC(C)(COC(=O)/C=C/C(=O)O)C(C)[Si](O[Si](C)(C)C)(O[Si](C)(C)C)O[Si](C)(C)C. The second-order valence-electron chi connectivity index (χ2n) is 12.0. The van der Waals surface area contributed by atoms with Crippen LogP contribution >= 0.6 is 0 Å². The van der Waals surface area contributed by atoms with Crippen molar-refractivity contribution in [3.8, 4) is 0 Å². The van der Waals surface area contributed by atoms with E-state index in [1.165, 1.54) is 0 Å². The highest BCUT2D eigenvalue weighted by Crippen LogP contribution is 2.47. The molecule has 0 spiro atoms. The molecule has 0 amide bonds. The van der Waals surface area contributed by atoms with Crippen LogP contribution in [-0.4, -0.2) is 57.4 Å². The molecule has 0 aromatic carbocycles. The molecule has 33 heavy (non-hydrogen) atoms. The van der Waals surface area contributed by atoms with Gasteiger partial charge in [0.05, 0.1) is 6.61 Å². The van der Waals surface area contributed by atoms with E-state index in [0.717, 1.165) is 31.4 Å². The van der Waals surface area contributed by atoms with Gasteiger partial charge in [0.2, 0.25) is 0 Å². The summed E-state index contributed by atoms with van der Waals surface area (Å²) in [5.74, 6) is -1.85. The standard InChI is InChI=1S/C22H48O7Si4/c1-13-14-17-22(3,18-26-21(25)16-15-20(23)24)19(2)33(27-30(4,5)6,28-31(7,8)9)29-32(10,11)12/h15-16,19H,13-14,17-18H2,1-12H3,(H,23,24)/b16-15+. The van der Waals surface area contributed by atoms with E-state index in [2.05, 4.69) is 79.7 Å². The molecular formula is C22H48O7Si4. The minimum absolute atomic E-state index is 0.113. The lowest BCUT2D eigenvalue weighted by molar-refractivity contribution is -0.142. The number of hydrogen-bond donors (Lipinski definition) is 1. The lowest BCUT2D eigenvalue weighted by Crippen LogP contribution is -2.65. The van der Waals surface area contributed by atoms with Gasteiger partial charge < -0.3 is 22.2 Å². The molecule has 0 saturated carbocycles. The fraction of sp³-hybridized carbons (Fsp3) is 0.818. The van der Waals surface area contributed by atoms with E-state index in [9.17, 15) is 9.59 Å². The van der Waals surface area contributed by atoms with E-state index < -0.39 is 51.1 Å². The highest BCUT2D eigenvalue weighted by Gasteiger charge is 2.59. The number of carbonyl (C=O) groups excluding carboxylic acids is 1. The lowest BCUT2D eigenvalue weighted by Gasteiger charge is -2.50. The Morgan fingerprint density at radius 1 is 0.879 bits per heavy atom. The number of esters is 1. The van der Waals surface area contributed by atoms with Gasteiger partial charge >= 0.3 is 20.7 Å². The fourth-order valence-corrected chi connectivity index (χ4v) is 18.5. The van der Waals surface area contributed by atoms with Crippen molar-refractivity contribution in [1.82, 2.24) is 0 Å². The van der Waals surface area contributed by atoms with Crippen molar-refractivity contribution in [1.29, 1.82) is 0 Å². The molecule has 0 fully saturated rings. The number of carboxylic acid groups (broad SMARTS) is 1. The van der Waals surface area contributed by atoms with E-state index in [-0.39, 0.29) is 12.1 Å². The Labute approximate surface area is 206 Å². The molecule has 2 unspecified atom stereocenters. The third kappa shape index (κ3) is 13.2. The number of carbonyl (C=O) groups is 2. The van der Waals surface area contributed by atoms with E-state index in [0.29, 0.717) is 0 Å². The molecule has 0 radical (unpaired) electrons. The summed E-state index contributed by atoms with van der Waals surface area (Å²) in [4.78, 5) is 22.9. The number of unbranched alkanes of at least 4 members (excludes halogenated alkanes) is 1. The Kier molecular flexibility index (Phi) is 12.2. The van der Waals surface area contributed by atoms with Crippen molar-refractivity contribution in [2.24, 2.45) is 5.41 Å². The van der Waals surface area contributed by atoms with Gasteiger partial charge in [-0.15, -0.1) is 0 Å². The first-order chi connectivity index (χ1) is 14.6. The molecule has 0 bridgehead atoms. The Balaban J connectivity index is 6.43. The van der Waals surface area contributed by atoms with Crippen molar-refractivity contribution >= 4 is 45.7 Å². The first-order valence-corrected chi connectivity index (χ1v) is 23.9. The van der Waals surface area contributed by atoms with Crippen molar-refractivity contribution in [3.63, 3.8) is 0 Å². The van der Waals surface area contributed by atoms with Crippen LogP contribution in [0.2, 0.25) is 64.5 Å². The van der Waals surface area contributed by atoms with Gasteiger partial charge in [0, 0.05) is 23.1 Å². The molecule has 0 rings (SSSR count). The highest BCUT2D eigenvalue weighted by atomic mass is 28.5. The Hall–Kier alpha value is -0.572. The maximum atomic E-state index is 12.2. The zero-order valence-electron chi connectivity index (χ0n) is 23.0. The van der Waals surface area contributed by atoms with Crippen LogP contribution in [0.4, 0.5) is 0 Å². The number of rotatable bonds is 15. The van der Waals surface area contributed by atoms with Gasteiger partial charge in [0.1, 0.15) is 0 Å². The molecule has 0 saturated heterocycles. The smallest absolute Gasteiger partial charge is 0.473 e. The van der Waals surface area contributed by atoms with E-state index in [1.807, 2.05) is 0 Å². The minimum Gasteiger partial charge on any atom is -0.478 e. The van der Waals surface area contributed by atoms with Crippen LogP contribution in [0.25, 0.3) is 0 Å². The summed E-state index contributed by atoms with van der Waals surface area (Å²) in [5, 5.41) is 8.80. The summed E-state index contributed by atoms with van der Waals surface area (Å²) < 4.78 is 26.3. The monoisotopic (exact) mass is 536 g/mol. The molecule has 0 aliphatic heterocycles. The summed E-state index contributed by atoms with van der Waals surface area (Å²) in [6.45, 7) is 25.9. The van der Waals surface area contributed by atoms with Crippen LogP contribution in [-0.2, 0) is 26.7 Å². The largest absolute Gasteiger partial charge is 0.478 e. The summed E-state index contributed by atoms with van der Waals surface area (Å²) in [6.07, 6.45) is 4.52. The van der Waals surface area contributed by atoms with Gasteiger partial charge in [-0.3, -0.25) is 0 Å². The van der Waals surface area contributed by atoms with Gasteiger partial charge in [0.15, 0.2) is 25.0 Å². The van der Waals surface area contributed by atoms with Crippen molar-refractivity contribution in [2.45, 2.75) is 104 Å². The van der Waals surface area contributed by atoms with Crippen LogP contribution in [0.1, 0.15) is 40.0 Å². The van der Waals surface area contributed by atoms with Gasteiger partial charge in [-0.1, -0.05) is 33.6 Å². The topological polar surface area (TPSA) is 91.3 Å². The molecule has 11 heteroatoms. The Morgan fingerprint density at radius 2 is 1.30 bits per heavy atom. The van der Waals surface area contributed by atoms with Crippen LogP contribution in [0.3, 0.4) is 0 Å². The van der Waals surface area contributed by atoms with Crippen LogP contribution in [0, 0.1) is 5.41 Å². The maximum Gasteiger partial charge on any atom is 0.473 e. The number of hydrogen-bond acceptors (Lipinski definition) is 6. The Morgan fingerprint density at radius 3 is 1.64 bits per heavy atom. The summed E-state index contributed by atoms with van der Waals surface area (Å²) >= 11 is 0. The molecule has 2 atom stereocenters. The van der Waals surface area contributed by atoms with E-state index >= 15 is 0 Å². The van der Waals surface area contributed by atoms with Crippen LogP contribution in [0.15, 0.2) is 12.2 Å². The zero-order chi connectivity index (χ0) is 26.3. The van der Waals surface area contributed by atoms with Gasteiger partial charge in [-0.05, 0) is 65.3 Å².